The Balaban J connectivity index is 0.000000810. The average molecular weight is 133 g/mol. The van der Waals surface area contributed by atoms with Crippen LogP contribution in [0.1, 0.15) is 19.3 Å². The van der Waals surface area contributed by atoms with E-state index in [-0.39, 0.29) is 18.9 Å². The Labute approximate surface area is 76.3 Å². The molecule has 1 heterocycles. The van der Waals surface area contributed by atoms with Crippen molar-refractivity contribution in [3.05, 3.63) is 6.92 Å². The van der Waals surface area contributed by atoms with E-state index in [9.17, 15) is 0 Å². The van der Waals surface area contributed by atoms with E-state index in [2.05, 4.69) is 18.9 Å². The normalized spacial score (nSPS) is 27.6. The molecule has 1 aliphatic heterocycles. The van der Waals surface area contributed by atoms with Crippen molar-refractivity contribution in [2.75, 3.05) is 20.1 Å². The van der Waals surface area contributed by atoms with E-state index in [1.807, 2.05) is 0 Å². The molecule has 1 rings (SSSR count). The Morgan fingerprint density at radius 2 is 2.30 bits per heavy atom. The fourth-order valence-electron chi connectivity index (χ4n) is 1.51. The van der Waals surface area contributed by atoms with Gasteiger partial charge in [-0.15, -0.1) is 0 Å². The van der Waals surface area contributed by atoms with Gasteiger partial charge >= 0.3 is 18.9 Å². The number of likely N-dealkylation sites (tertiary alicyclic amines) is 1. The van der Waals surface area contributed by atoms with E-state index < -0.39 is 0 Å². The fraction of sp³-hybridized carbons (Fsp3) is 0.875. The summed E-state index contributed by atoms with van der Waals surface area (Å²) in [7, 11) is 2.20. The van der Waals surface area contributed by atoms with Crippen molar-refractivity contribution in [1.82, 2.24) is 4.90 Å². The van der Waals surface area contributed by atoms with Gasteiger partial charge < -0.3 is 11.8 Å². The summed E-state index contributed by atoms with van der Waals surface area (Å²) >= 11 is 0. The molecular weight excluding hydrogens is 117 g/mol. The second-order valence-corrected chi connectivity index (χ2v) is 3.06. The van der Waals surface area contributed by atoms with Crippen LogP contribution in [0, 0.1) is 12.8 Å². The Bertz CT molecular complexity index is 85.3. The molecular formula is C8H16LiN. The predicted molar refractivity (Wildman–Crippen MR) is 40.2 cm³/mol. The zero-order valence-electron chi connectivity index (χ0n) is 7.27. The van der Waals surface area contributed by atoms with Crippen molar-refractivity contribution in [3.63, 3.8) is 0 Å². The molecule has 0 radical (unpaired) electrons. The summed E-state index contributed by atoms with van der Waals surface area (Å²) in [4.78, 5) is 2.40. The maximum Gasteiger partial charge on any atom is 1.00 e. The van der Waals surface area contributed by atoms with Crippen LogP contribution in [0.3, 0.4) is 0 Å². The fourth-order valence-corrected chi connectivity index (χ4v) is 1.51. The van der Waals surface area contributed by atoms with Crippen LogP contribution >= 0.6 is 0 Å². The van der Waals surface area contributed by atoms with Crippen LogP contribution in [0.25, 0.3) is 0 Å². The van der Waals surface area contributed by atoms with Crippen LogP contribution < -0.4 is 18.9 Å². The van der Waals surface area contributed by atoms with Crippen molar-refractivity contribution >= 4 is 0 Å². The first-order chi connectivity index (χ1) is 4.33. The quantitative estimate of drug-likeness (QED) is 0.313. The van der Waals surface area contributed by atoms with Gasteiger partial charge in [-0.05, 0) is 26.6 Å². The van der Waals surface area contributed by atoms with Gasteiger partial charge in [-0.25, -0.2) is 0 Å². The molecule has 10 heavy (non-hydrogen) atoms. The molecule has 1 nitrogen and oxygen atoms in total. The molecule has 0 saturated carbocycles. The first-order valence-electron chi connectivity index (χ1n) is 3.80. The van der Waals surface area contributed by atoms with Crippen molar-refractivity contribution in [3.8, 4) is 0 Å². The number of hydrogen-bond acceptors (Lipinski definition) is 1. The summed E-state index contributed by atoms with van der Waals surface area (Å²) in [5, 5.41) is 0. The minimum Gasteiger partial charge on any atom is -0.343 e. The summed E-state index contributed by atoms with van der Waals surface area (Å²) in [5.41, 5.74) is 0. The molecule has 0 amide bonds. The SMILES string of the molecule is [CH2-]CC1CCCN(C)C1.[Li+]. The third kappa shape index (κ3) is 3.10. The van der Waals surface area contributed by atoms with Crippen LogP contribution in [-0.2, 0) is 0 Å². The Kier molecular flexibility index (Phi) is 5.53. The maximum absolute atomic E-state index is 3.92. The predicted octanol–water partition coefficient (Wildman–Crippen LogP) is -1.44. The van der Waals surface area contributed by atoms with E-state index in [1.165, 1.54) is 25.9 Å². The third-order valence-corrected chi connectivity index (χ3v) is 2.13. The van der Waals surface area contributed by atoms with E-state index in [0.29, 0.717) is 0 Å². The Morgan fingerprint density at radius 3 is 2.70 bits per heavy atom. The molecule has 0 aliphatic carbocycles. The number of piperidine rings is 1. The summed E-state index contributed by atoms with van der Waals surface area (Å²) in [6.07, 6.45) is 3.88. The molecule has 0 N–H and O–H groups in total. The molecule has 0 bridgehead atoms. The molecule has 0 aromatic rings. The Morgan fingerprint density at radius 1 is 1.60 bits per heavy atom. The van der Waals surface area contributed by atoms with Crippen molar-refractivity contribution in [2.24, 2.45) is 5.92 Å². The molecule has 0 aromatic carbocycles. The van der Waals surface area contributed by atoms with Gasteiger partial charge in [-0.3, -0.25) is 0 Å². The minimum atomic E-state index is 0. The first kappa shape index (κ1) is 10.6. The molecule has 0 spiro atoms. The molecule has 2 heteroatoms. The number of nitrogens with zero attached hydrogens (tertiary/aromatic N) is 1. The number of hydrogen-bond donors (Lipinski definition) is 0. The number of rotatable bonds is 1. The van der Waals surface area contributed by atoms with E-state index >= 15 is 0 Å². The standard InChI is InChI=1S/C8H16N.Li/c1-3-8-5-4-6-9(2)7-8;/h8H,1,3-7H2,2H3;/q-1;+1. The van der Waals surface area contributed by atoms with Gasteiger partial charge in [0.2, 0.25) is 0 Å². The van der Waals surface area contributed by atoms with Crippen molar-refractivity contribution in [1.29, 1.82) is 0 Å². The van der Waals surface area contributed by atoms with Gasteiger partial charge in [0, 0.05) is 0 Å². The second kappa shape index (κ2) is 5.24. The summed E-state index contributed by atoms with van der Waals surface area (Å²) in [6.45, 7) is 6.47. The summed E-state index contributed by atoms with van der Waals surface area (Å²) < 4.78 is 0. The van der Waals surface area contributed by atoms with E-state index in [4.69, 9.17) is 0 Å². The Hall–Kier alpha value is 0.557. The molecule has 54 valence electrons. The molecule has 1 fully saturated rings. The minimum absolute atomic E-state index is 0. The van der Waals surface area contributed by atoms with Gasteiger partial charge in [-0.2, -0.15) is 6.42 Å². The van der Waals surface area contributed by atoms with Crippen LogP contribution in [0.4, 0.5) is 0 Å². The van der Waals surface area contributed by atoms with Gasteiger partial charge in [0.05, 0.1) is 0 Å². The zero-order valence-corrected chi connectivity index (χ0v) is 7.27. The summed E-state index contributed by atoms with van der Waals surface area (Å²) in [6, 6.07) is 0. The smallest absolute Gasteiger partial charge is 0.343 e. The largest absolute Gasteiger partial charge is 1.00 e. The van der Waals surface area contributed by atoms with Crippen LogP contribution in [0.2, 0.25) is 0 Å². The monoisotopic (exact) mass is 133 g/mol. The first-order valence-corrected chi connectivity index (χ1v) is 3.80. The van der Waals surface area contributed by atoms with Gasteiger partial charge in [-0.1, -0.05) is 12.3 Å². The molecule has 1 saturated heterocycles. The molecule has 0 aromatic heterocycles. The summed E-state index contributed by atoms with van der Waals surface area (Å²) in [5.74, 6) is 0.878. The second-order valence-electron chi connectivity index (χ2n) is 3.06. The molecule has 1 aliphatic rings. The topological polar surface area (TPSA) is 3.24 Å². The molecule has 1 unspecified atom stereocenters. The van der Waals surface area contributed by atoms with Gasteiger partial charge in [0.15, 0.2) is 0 Å². The van der Waals surface area contributed by atoms with Crippen LogP contribution in [0.15, 0.2) is 0 Å². The maximum atomic E-state index is 3.92. The van der Waals surface area contributed by atoms with Gasteiger partial charge in [0.1, 0.15) is 0 Å². The van der Waals surface area contributed by atoms with Gasteiger partial charge in [0.25, 0.3) is 0 Å². The zero-order chi connectivity index (χ0) is 6.69. The molecule has 1 atom stereocenters. The van der Waals surface area contributed by atoms with Crippen molar-refractivity contribution in [2.45, 2.75) is 19.3 Å². The van der Waals surface area contributed by atoms with Crippen LogP contribution in [0.5, 0.6) is 0 Å². The van der Waals surface area contributed by atoms with E-state index in [1.54, 1.807) is 0 Å². The average Bonchev–Trinajstić information content (AvgIpc) is 1.88. The van der Waals surface area contributed by atoms with E-state index in [0.717, 1.165) is 12.3 Å². The third-order valence-electron chi connectivity index (χ3n) is 2.13. The van der Waals surface area contributed by atoms with Crippen LogP contribution in [-0.4, -0.2) is 25.0 Å². The van der Waals surface area contributed by atoms with Crippen molar-refractivity contribution < 1.29 is 18.9 Å².